The molecule has 0 amide bonds. The molecule has 3 nitrogen and oxygen atoms in total. The van der Waals surface area contributed by atoms with Crippen molar-refractivity contribution in [3.8, 4) is 0 Å². The molecule has 0 aromatic carbocycles. The van der Waals surface area contributed by atoms with Gasteiger partial charge in [-0.3, -0.25) is 0 Å². The molecule has 0 saturated heterocycles. The van der Waals surface area contributed by atoms with Crippen LogP contribution in [-0.2, 0) is 6.54 Å². The Bertz CT molecular complexity index is 315. The number of furan rings is 1. The molecule has 1 fully saturated rings. The predicted molar refractivity (Wildman–Crippen MR) is 60.5 cm³/mol. The van der Waals surface area contributed by atoms with Crippen molar-refractivity contribution >= 4 is 0 Å². The van der Waals surface area contributed by atoms with Gasteiger partial charge < -0.3 is 15.5 Å². The molecule has 1 aromatic rings. The first-order chi connectivity index (χ1) is 7.18. The normalized spacial score (nSPS) is 18.8. The molecule has 0 unspecified atom stereocenters. The summed E-state index contributed by atoms with van der Waals surface area (Å²) in [6.07, 6.45) is 4.75. The number of hydrogen-bond acceptors (Lipinski definition) is 3. The Morgan fingerprint density at radius 1 is 1.47 bits per heavy atom. The molecule has 0 aliphatic heterocycles. The van der Waals surface area contributed by atoms with Gasteiger partial charge in [-0.05, 0) is 51.3 Å². The number of nitrogens with one attached hydrogen (secondary N) is 1. The van der Waals surface area contributed by atoms with Crippen LogP contribution < -0.4 is 11.1 Å². The SMILES string of the molecule is Cc1ccc(CNCCC2(N)CCC2)o1. The van der Waals surface area contributed by atoms with E-state index in [0.717, 1.165) is 31.0 Å². The molecule has 0 atom stereocenters. The first kappa shape index (κ1) is 10.7. The summed E-state index contributed by atoms with van der Waals surface area (Å²) in [6.45, 7) is 3.76. The van der Waals surface area contributed by atoms with Gasteiger partial charge in [-0.15, -0.1) is 0 Å². The highest BCUT2D eigenvalue weighted by molar-refractivity contribution is 5.05. The minimum absolute atomic E-state index is 0.131. The van der Waals surface area contributed by atoms with Crippen molar-refractivity contribution in [1.82, 2.24) is 5.32 Å². The van der Waals surface area contributed by atoms with Gasteiger partial charge in [0.1, 0.15) is 11.5 Å². The van der Waals surface area contributed by atoms with Gasteiger partial charge in [0.15, 0.2) is 0 Å². The zero-order chi connectivity index (χ0) is 10.7. The van der Waals surface area contributed by atoms with E-state index in [0.29, 0.717) is 0 Å². The van der Waals surface area contributed by atoms with Gasteiger partial charge in [0, 0.05) is 5.54 Å². The van der Waals surface area contributed by atoms with Crippen LogP contribution >= 0.6 is 0 Å². The Hall–Kier alpha value is -0.800. The third kappa shape index (κ3) is 2.83. The summed E-state index contributed by atoms with van der Waals surface area (Å²) in [5.74, 6) is 1.98. The number of nitrogens with two attached hydrogens (primary N) is 1. The lowest BCUT2D eigenvalue weighted by molar-refractivity contribution is 0.228. The Morgan fingerprint density at radius 3 is 2.80 bits per heavy atom. The monoisotopic (exact) mass is 208 g/mol. The zero-order valence-corrected chi connectivity index (χ0v) is 9.38. The van der Waals surface area contributed by atoms with Crippen LogP contribution in [0.1, 0.15) is 37.2 Å². The van der Waals surface area contributed by atoms with Gasteiger partial charge in [0.2, 0.25) is 0 Å². The van der Waals surface area contributed by atoms with E-state index < -0.39 is 0 Å². The van der Waals surface area contributed by atoms with Gasteiger partial charge in [0.05, 0.1) is 6.54 Å². The molecule has 0 spiro atoms. The Labute approximate surface area is 91.0 Å². The fourth-order valence-corrected chi connectivity index (χ4v) is 2.01. The lowest BCUT2D eigenvalue weighted by Gasteiger charge is -2.38. The molecular formula is C12H20N2O. The van der Waals surface area contributed by atoms with Gasteiger partial charge in [-0.1, -0.05) is 0 Å². The van der Waals surface area contributed by atoms with Crippen molar-refractivity contribution in [2.75, 3.05) is 6.54 Å². The first-order valence-corrected chi connectivity index (χ1v) is 5.73. The van der Waals surface area contributed by atoms with E-state index >= 15 is 0 Å². The maximum absolute atomic E-state index is 6.12. The highest BCUT2D eigenvalue weighted by Crippen LogP contribution is 2.31. The zero-order valence-electron chi connectivity index (χ0n) is 9.38. The van der Waals surface area contributed by atoms with E-state index in [1.807, 2.05) is 19.1 Å². The number of hydrogen-bond donors (Lipinski definition) is 2. The van der Waals surface area contributed by atoms with E-state index in [9.17, 15) is 0 Å². The predicted octanol–water partition coefficient (Wildman–Crippen LogP) is 1.95. The first-order valence-electron chi connectivity index (χ1n) is 5.73. The number of rotatable bonds is 5. The van der Waals surface area contributed by atoms with Crippen molar-refractivity contribution in [2.24, 2.45) is 5.73 Å². The molecule has 1 saturated carbocycles. The van der Waals surface area contributed by atoms with Crippen LogP contribution in [0, 0.1) is 6.92 Å². The lowest BCUT2D eigenvalue weighted by Crippen LogP contribution is -2.48. The molecular weight excluding hydrogens is 188 g/mol. The van der Waals surface area contributed by atoms with E-state index in [1.165, 1.54) is 19.3 Å². The van der Waals surface area contributed by atoms with Gasteiger partial charge in [-0.2, -0.15) is 0 Å². The van der Waals surface area contributed by atoms with E-state index in [2.05, 4.69) is 5.32 Å². The molecule has 1 aliphatic carbocycles. The van der Waals surface area contributed by atoms with Crippen molar-refractivity contribution in [3.05, 3.63) is 23.7 Å². The van der Waals surface area contributed by atoms with Gasteiger partial charge in [-0.25, -0.2) is 0 Å². The molecule has 3 heteroatoms. The second kappa shape index (κ2) is 4.37. The fraction of sp³-hybridized carbons (Fsp3) is 0.667. The standard InChI is InChI=1S/C12H20N2O/c1-10-3-4-11(15-10)9-14-8-7-12(13)5-2-6-12/h3-4,14H,2,5-9,13H2,1H3. The van der Waals surface area contributed by atoms with Crippen molar-refractivity contribution in [3.63, 3.8) is 0 Å². The summed E-state index contributed by atoms with van der Waals surface area (Å²) < 4.78 is 5.46. The van der Waals surface area contributed by atoms with Crippen molar-refractivity contribution in [1.29, 1.82) is 0 Å². The van der Waals surface area contributed by atoms with Crippen LogP contribution in [0.15, 0.2) is 16.5 Å². The Kier molecular flexibility index (Phi) is 3.12. The second-order valence-electron chi connectivity index (χ2n) is 4.66. The minimum Gasteiger partial charge on any atom is -0.465 e. The van der Waals surface area contributed by atoms with Gasteiger partial charge >= 0.3 is 0 Å². The summed E-state index contributed by atoms with van der Waals surface area (Å²) in [4.78, 5) is 0. The minimum atomic E-state index is 0.131. The largest absolute Gasteiger partial charge is 0.465 e. The summed E-state index contributed by atoms with van der Waals surface area (Å²) >= 11 is 0. The molecule has 0 bridgehead atoms. The Morgan fingerprint density at radius 2 is 2.27 bits per heavy atom. The molecule has 1 aliphatic rings. The van der Waals surface area contributed by atoms with E-state index in [1.54, 1.807) is 0 Å². The van der Waals surface area contributed by atoms with Crippen LogP contribution in [-0.4, -0.2) is 12.1 Å². The highest BCUT2D eigenvalue weighted by Gasteiger charge is 2.31. The molecule has 84 valence electrons. The topological polar surface area (TPSA) is 51.2 Å². The van der Waals surface area contributed by atoms with E-state index in [4.69, 9.17) is 10.2 Å². The fourth-order valence-electron chi connectivity index (χ4n) is 2.01. The highest BCUT2D eigenvalue weighted by atomic mass is 16.3. The average molecular weight is 208 g/mol. The van der Waals surface area contributed by atoms with Crippen LogP contribution in [0.2, 0.25) is 0 Å². The van der Waals surface area contributed by atoms with Crippen LogP contribution in [0.5, 0.6) is 0 Å². The summed E-state index contributed by atoms with van der Waals surface area (Å²) in [5.41, 5.74) is 6.25. The second-order valence-corrected chi connectivity index (χ2v) is 4.66. The third-order valence-electron chi connectivity index (χ3n) is 3.24. The maximum atomic E-state index is 6.12. The summed E-state index contributed by atoms with van der Waals surface area (Å²) in [5, 5.41) is 3.37. The third-order valence-corrected chi connectivity index (χ3v) is 3.24. The lowest BCUT2D eigenvalue weighted by atomic mass is 9.75. The quantitative estimate of drug-likeness (QED) is 0.727. The molecule has 1 heterocycles. The van der Waals surface area contributed by atoms with Crippen LogP contribution in [0.25, 0.3) is 0 Å². The van der Waals surface area contributed by atoms with Crippen molar-refractivity contribution < 1.29 is 4.42 Å². The van der Waals surface area contributed by atoms with Crippen LogP contribution in [0.3, 0.4) is 0 Å². The smallest absolute Gasteiger partial charge is 0.117 e. The molecule has 0 radical (unpaired) electrons. The molecule has 1 aromatic heterocycles. The molecule has 2 rings (SSSR count). The summed E-state index contributed by atoms with van der Waals surface area (Å²) in [7, 11) is 0. The molecule has 15 heavy (non-hydrogen) atoms. The van der Waals surface area contributed by atoms with E-state index in [-0.39, 0.29) is 5.54 Å². The van der Waals surface area contributed by atoms with Crippen LogP contribution in [0.4, 0.5) is 0 Å². The van der Waals surface area contributed by atoms with Crippen molar-refractivity contribution in [2.45, 2.75) is 44.7 Å². The summed E-state index contributed by atoms with van der Waals surface area (Å²) in [6, 6.07) is 4.01. The number of aryl methyl sites for hydroxylation is 1. The Balaban J connectivity index is 1.63. The molecule has 3 N–H and O–H groups in total. The maximum Gasteiger partial charge on any atom is 0.117 e. The average Bonchev–Trinajstić information content (AvgIpc) is 2.56. The van der Waals surface area contributed by atoms with Gasteiger partial charge in [0.25, 0.3) is 0 Å².